The molecule has 84 valence electrons. The van der Waals surface area contributed by atoms with Crippen LogP contribution < -0.4 is 11.1 Å². The van der Waals surface area contributed by atoms with E-state index in [1.165, 1.54) is 10.4 Å². The highest BCUT2D eigenvalue weighted by atomic mass is 32.1. The molecule has 0 radical (unpaired) electrons. The number of carbonyl (C=O) groups is 1. The van der Waals surface area contributed by atoms with Crippen LogP contribution in [-0.4, -0.2) is 11.4 Å². The molecule has 15 heavy (non-hydrogen) atoms. The van der Waals surface area contributed by atoms with Crippen molar-refractivity contribution in [1.29, 1.82) is 0 Å². The van der Waals surface area contributed by atoms with Crippen molar-refractivity contribution in [2.24, 2.45) is 5.73 Å². The van der Waals surface area contributed by atoms with Crippen molar-refractivity contribution in [1.82, 2.24) is 5.32 Å². The molecule has 1 heterocycles. The molecule has 1 amide bonds. The van der Waals surface area contributed by atoms with Crippen LogP contribution in [0.4, 0.5) is 0 Å². The summed E-state index contributed by atoms with van der Waals surface area (Å²) in [7, 11) is 0. The van der Waals surface area contributed by atoms with Gasteiger partial charge in [0.25, 0.3) is 0 Å². The number of aryl methyl sites for hydroxylation is 1. The lowest BCUT2D eigenvalue weighted by Gasteiger charge is -2.27. The number of hydrogen-bond donors (Lipinski definition) is 2. The van der Waals surface area contributed by atoms with Gasteiger partial charge in [-0.2, -0.15) is 0 Å². The Hall–Kier alpha value is -0.870. The average Bonchev–Trinajstić information content (AvgIpc) is 2.50. The molecule has 1 unspecified atom stereocenters. The number of primary amides is 1. The topological polar surface area (TPSA) is 55.1 Å². The molecule has 0 aliphatic rings. The predicted octanol–water partition coefficient (Wildman–Crippen LogP) is 1.97. The Balaban J connectivity index is 2.76. The van der Waals surface area contributed by atoms with Gasteiger partial charge in [0, 0.05) is 10.9 Å². The van der Waals surface area contributed by atoms with Gasteiger partial charge in [0.2, 0.25) is 5.91 Å². The van der Waals surface area contributed by atoms with E-state index in [1.807, 2.05) is 6.92 Å². The van der Waals surface area contributed by atoms with Crippen LogP contribution in [0.3, 0.4) is 0 Å². The van der Waals surface area contributed by atoms with E-state index < -0.39 is 5.54 Å². The highest BCUT2D eigenvalue weighted by Crippen LogP contribution is 2.25. The summed E-state index contributed by atoms with van der Waals surface area (Å²) in [5, 5.41) is 5.29. The van der Waals surface area contributed by atoms with Crippen LogP contribution in [0.15, 0.2) is 11.4 Å². The second-order valence-electron chi connectivity index (χ2n) is 4.32. The van der Waals surface area contributed by atoms with E-state index >= 15 is 0 Å². The number of amides is 1. The molecule has 0 aromatic carbocycles. The molecule has 0 spiro atoms. The van der Waals surface area contributed by atoms with Gasteiger partial charge in [0.15, 0.2) is 0 Å². The number of nitrogens with two attached hydrogens (primary N) is 1. The van der Waals surface area contributed by atoms with Crippen LogP contribution in [0.5, 0.6) is 0 Å². The molecule has 1 atom stereocenters. The summed E-state index contributed by atoms with van der Waals surface area (Å²) >= 11 is 1.70. The summed E-state index contributed by atoms with van der Waals surface area (Å²) in [5.74, 6) is -0.330. The molecule has 4 heteroatoms. The van der Waals surface area contributed by atoms with E-state index in [1.54, 1.807) is 25.2 Å². The van der Waals surface area contributed by atoms with Crippen molar-refractivity contribution in [2.75, 3.05) is 0 Å². The van der Waals surface area contributed by atoms with Gasteiger partial charge in [-0.25, -0.2) is 0 Å². The molecule has 3 nitrogen and oxygen atoms in total. The highest BCUT2D eigenvalue weighted by Gasteiger charge is 2.27. The third-order valence-electron chi connectivity index (χ3n) is 2.49. The molecule has 0 saturated carbocycles. The minimum atomic E-state index is -0.671. The van der Waals surface area contributed by atoms with Crippen LogP contribution in [-0.2, 0) is 4.79 Å². The SMILES string of the molecule is Cc1ccsc1C(C)NC(C)(C)C(N)=O. The first-order chi connectivity index (χ1) is 6.84. The lowest BCUT2D eigenvalue weighted by molar-refractivity contribution is -0.123. The summed E-state index contributed by atoms with van der Waals surface area (Å²) in [5.41, 5.74) is 5.89. The number of rotatable bonds is 4. The largest absolute Gasteiger partial charge is 0.368 e. The Morgan fingerprint density at radius 1 is 1.60 bits per heavy atom. The van der Waals surface area contributed by atoms with Crippen LogP contribution >= 0.6 is 11.3 Å². The number of nitrogens with one attached hydrogen (secondary N) is 1. The van der Waals surface area contributed by atoms with E-state index in [0.29, 0.717) is 0 Å². The third kappa shape index (κ3) is 2.79. The first-order valence-corrected chi connectivity index (χ1v) is 5.84. The minimum absolute atomic E-state index is 0.146. The molecular weight excluding hydrogens is 208 g/mol. The van der Waals surface area contributed by atoms with Gasteiger partial charge in [-0.05, 0) is 44.7 Å². The van der Waals surface area contributed by atoms with E-state index in [0.717, 1.165) is 0 Å². The lowest BCUT2D eigenvalue weighted by atomic mass is 10.0. The summed E-state index contributed by atoms with van der Waals surface area (Å²) < 4.78 is 0. The van der Waals surface area contributed by atoms with E-state index in [2.05, 4.69) is 23.7 Å². The van der Waals surface area contributed by atoms with Crippen LogP contribution in [0, 0.1) is 6.92 Å². The smallest absolute Gasteiger partial charge is 0.237 e. The monoisotopic (exact) mass is 226 g/mol. The number of hydrogen-bond acceptors (Lipinski definition) is 3. The molecule has 0 bridgehead atoms. The van der Waals surface area contributed by atoms with Crippen molar-refractivity contribution in [3.63, 3.8) is 0 Å². The van der Waals surface area contributed by atoms with Crippen LogP contribution in [0.1, 0.15) is 37.3 Å². The van der Waals surface area contributed by atoms with Gasteiger partial charge in [0.05, 0.1) is 5.54 Å². The second-order valence-corrected chi connectivity index (χ2v) is 5.27. The van der Waals surface area contributed by atoms with Crippen LogP contribution in [0.2, 0.25) is 0 Å². The normalized spacial score (nSPS) is 13.9. The minimum Gasteiger partial charge on any atom is -0.368 e. The lowest BCUT2D eigenvalue weighted by Crippen LogP contribution is -2.51. The summed E-state index contributed by atoms with van der Waals surface area (Å²) in [4.78, 5) is 12.4. The Morgan fingerprint density at radius 3 is 2.60 bits per heavy atom. The zero-order valence-corrected chi connectivity index (χ0v) is 10.4. The molecule has 1 rings (SSSR count). The predicted molar refractivity (Wildman–Crippen MR) is 63.9 cm³/mol. The maximum Gasteiger partial charge on any atom is 0.237 e. The molecule has 3 N–H and O–H groups in total. The van der Waals surface area contributed by atoms with Gasteiger partial charge in [-0.15, -0.1) is 11.3 Å². The quantitative estimate of drug-likeness (QED) is 0.824. The molecule has 0 aliphatic carbocycles. The Morgan fingerprint density at radius 2 is 2.20 bits per heavy atom. The maximum absolute atomic E-state index is 11.2. The first-order valence-electron chi connectivity index (χ1n) is 4.96. The Bertz CT molecular complexity index is 357. The molecule has 0 aliphatic heterocycles. The number of thiophene rings is 1. The highest BCUT2D eigenvalue weighted by molar-refractivity contribution is 7.10. The van der Waals surface area contributed by atoms with Crippen molar-refractivity contribution in [2.45, 2.75) is 39.3 Å². The Kier molecular flexibility index (Phi) is 3.52. The molecule has 0 saturated heterocycles. The third-order valence-corrected chi connectivity index (χ3v) is 3.69. The molecule has 0 fully saturated rings. The Labute approximate surface area is 94.7 Å². The fraction of sp³-hybridized carbons (Fsp3) is 0.545. The van der Waals surface area contributed by atoms with Gasteiger partial charge < -0.3 is 5.73 Å². The van der Waals surface area contributed by atoms with Gasteiger partial charge in [-0.1, -0.05) is 0 Å². The van der Waals surface area contributed by atoms with E-state index in [9.17, 15) is 4.79 Å². The summed E-state index contributed by atoms with van der Waals surface area (Å²) in [6.07, 6.45) is 0. The average molecular weight is 226 g/mol. The second kappa shape index (κ2) is 4.33. The zero-order valence-electron chi connectivity index (χ0n) is 9.63. The fourth-order valence-electron chi connectivity index (χ4n) is 1.51. The van der Waals surface area contributed by atoms with Gasteiger partial charge in [-0.3, -0.25) is 10.1 Å². The standard InChI is InChI=1S/C11H18N2OS/c1-7-5-6-15-9(7)8(2)13-11(3,4)10(12)14/h5-6,8,13H,1-4H3,(H2,12,14). The van der Waals surface area contributed by atoms with E-state index in [-0.39, 0.29) is 11.9 Å². The van der Waals surface area contributed by atoms with Crippen molar-refractivity contribution in [3.8, 4) is 0 Å². The van der Waals surface area contributed by atoms with Gasteiger partial charge in [0.1, 0.15) is 0 Å². The van der Waals surface area contributed by atoms with Crippen molar-refractivity contribution < 1.29 is 4.79 Å². The molecule has 1 aromatic heterocycles. The maximum atomic E-state index is 11.2. The van der Waals surface area contributed by atoms with Crippen LogP contribution in [0.25, 0.3) is 0 Å². The van der Waals surface area contributed by atoms with E-state index in [4.69, 9.17) is 5.73 Å². The number of carbonyl (C=O) groups excluding carboxylic acids is 1. The fourth-order valence-corrected chi connectivity index (χ4v) is 2.44. The van der Waals surface area contributed by atoms with Crippen molar-refractivity contribution >= 4 is 17.2 Å². The first kappa shape index (κ1) is 12.2. The summed E-state index contributed by atoms with van der Waals surface area (Å²) in [6, 6.07) is 2.22. The summed E-state index contributed by atoms with van der Waals surface area (Å²) in [6.45, 7) is 7.72. The molecular formula is C11H18N2OS. The van der Waals surface area contributed by atoms with Crippen molar-refractivity contribution in [3.05, 3.63) is 21.9 Å². The molecule has 1 aromatic rings. The van der Waals surface area contributed by atoms with Gasteiger partial charge >= 0.3 is 0 Å². The zero-order chi connectivity index (χ0) is 11.6.